The lowest BCUT2D eigenvalue weighted by molar-refractivity contribution is -0.388. The van der Waals surface area contributed by atoms with Crippen LogP contribution in [0.1, 0.15) is 13.8 Å². The molecule has 100 valence electrons. The molecule has 0 atom stereocenters. The number of halogens is 2. The molecule has 0 unspecified atom stereocenters. The van der Waals surface area contributed by atoms with Gasteiger partial charge in [-0.05, 0) is 0 Å². The SMILES string of the molecule is CC(C)NCCOc1cc(F)cc(F)c1[N+](=O)[O-]. The predicted octanol–water partition coefficient (Wildman–Crippen LogP) is 2.25. The molecule has 0 fully saturated rings. The molecule has 0 bridgehead atoms. The second-order valence-corrected chi connectivity index (χ2v) is 3.95. The van der Waals surface area contributed by atoms with Crippen LogP contribution in [0.2, 0.25) is 0 Å². The summed E-state index contributed by atoms with van der Waals surface area (Å²) >= 11 is 0. The molecule has 0 saturated carbocycles. The second kappa shape index (κ2) is 6.25. The second-order valence-electron chi connectivity index (χ2n) is 3.95. The maximum atomic E-state index is 13.2. The van der Waals surface area contributed by atoms with Crippen LogP contribution in [0, 0.1) is 21.7 Å². The number of nitrogens with zero attached hydrogens (tertiary/aromatic N) is 1. The number of nitro groups is 1. The van der Waals surface area contributed by atoms with Crippen molar-refractivity contribution in [2.75, 3.05) is 13.2 Å². The Kier molecular flexibility index (Phi) is 4.96. The highest BCUT2D eigenvalue weighted by Crippen LogP contribution is 2.30. The molecule has 0 spiro atoms. The van der Waals surface area contributed by atoms with Gasteiger partial charge < -0.3 is 10.1 Å². The highest BCUT2D eigenvalue weighted by atomic mass is 19.1. The minimum absolute atomic E-state index is 0.0852. The first kappa shape index (κ1) is 14.3. The van der Waals surface area contributed by atoms with Crippen LogP contribution in [-0.2, 0) is 0 Å². The lowest BCUT2D eigenvalue weighted by Gasteiger charge is -2.10. The van der Waals surface area contributed by atoms with Crippen LogP contribution in [0.25, 0.3) is 0 Å². The molecule has 0 aliphatic heterocycles. The summed E-state index contributed by atoms with van der Waals surface area (Å²) < 4.78 is 31.2. The zero-order valence-corrected chi connectivity index (χ0v) is 10.1. The summed E-state index contributed by atoms with van der Waals surface area (Å²) in [5, 5.41) is 13.7. The maximum absolute atomic E-state index is 13.2. The van der Waals surface area contributed by atoms with Gasteiger partial charge >= 0.3 is 5.69 Å². The molecule has 1 N–H and O–H groups in total. The Morgan fingerprint density at radius 3 is 2.67 bits per heavy atom. The van der Waals surface area contributed by atoms with E-state index in [4.69, 9.17) is 4.74 Å². The molecule has 1 aromatic carbocycles. The van der Waals surface area contributed by atoms with E-state index in [0.29, 0.717) is 12.6 Å². The summed E-state index contributed by atoms with van der Waals surface area (Å²) in [4.78, 5) is 9.71. The summed E-state index contributed by atoms with van der Waals surface area (Å²) in [7, 11) is 0. The van der Waals surface area contributed by atoms with Gasteiger partial charge in [-0.25, -0.2) is 4.39 Å². The van der Waals surface area contributed by atoms with Crippen LogP contribution < -0.4 is 10.1 Å². The van der Waals surface area contributed by atoms with Gasteiger partial charge in [0.15, 0.2) is 0 Å². The van der Waals surface area contributed by atoms with E-state index in [9.17, 15) is 18.9 Å². The van der Waals surface area contributed by atoms with Crippen molar-refractivity contribution in [1.82, 2.24) is 5.32 Å². The first-order chi connectivity index (χ1) is 8.41. The van der Waals surface area contributed by atoms with Crippen molar-refractivity contribution in [3.63, 3.8) is 0 Å². The van der Waals surface area contributed by atoms with E-state index in [2.05, 4.69) is 5.32 Å². The number of rotatable bonds is 6. The Hall–Kier alpha value is -1.76. The van der Waals surface area contributed by atoms with Crippen LogP contribution in [-0.4, -0.2) is 24.1 Å². The fourth-order valence-electron chi connectivity index (χ4n) is 1.34. The third-order valence-electron chi connectivity index (χ3n) is 2.09. The molecule has 0 heterocycles. The van der Waals surface area contributed by atoms with E-state index in [1.807, 2.05) is 13.8 Å². The summed E-state index contributed by atoms with van der Waals surface area (Å²) in [6.07, 6.45) is 0. The molecule has 0 aliphatic rings. The van der Waals surface area contributed by atoms with Crippen molar-refractivity contribution >= 4 is 5.69 Å². The topological polar surface area (TPSA) is 64.4 Å². The largest absolute Gasteiger partial charge is 0.485 e. The van der Waals surface area contributed by atoms with E-state index in [-0.39, 0.29) is 12.6 Å². The van der Waals surface area contributed by atoms with Crippen LogP contribution in [0.15, 0.2) is 12.1 Å². The Morgan fingerprint density at radius 1 is 1.44 bits per heavy atom. The van der Waals surface area contributed by atoms with Gasteiger partial charge in [0.05, 0.1) is 4.92 Å². The molecule has 0 saturated heterocycles. The van der Waals surface area contributed by atoms with Crippen LogP contribution >= 0.6 is 0 Å². The van der Waals surface area contributed by atoms with Gasteiger partial charge in [0.1, 0.15) is 12.4 Å². The fourth-order valence-corrected chi connectivity index (χ4v) is 1.34. The number of benzene rings is 1. The van der Waals surface area contributed by atoms with Gasteiger partial charge in [-0.15, -0.1) is 0 Å². The summed E-state index contributed by atoms with van der Waals surface area (Å²) in [6.45, 7) is 4.35. The molecular weight excluding hydrogens is 246 g/mol. The van der Waals surface area contributed by atoms with E-state index in [1.165, 1.54) is 0 Å². The maximum Gasteiger partial charge on any atom is 0.346 e. The molecule has 0 aliphatic carbocycles. The molecule has 0 aromatic heterocycles. The smallest absolute Gasteiger partial charge is 0.346 e. The fraction of sp³-hybridized carbons (Fsp3) is 0.455. The van der Waals surface area contributed by atoms with E-state index >= 15 is 0 Å². The van der Waals surface area contributed by atoms with Gasteiger partial charge in [-0.2, -0.15) is 4.39 Å². The zero-order chi connectivity index (χ0) is 13.7. The van der Waals surface area contributed by atoms with Gasteiger partial charge in [0.2, 0.25) is 11.6 Å². The molecular formula is C11H14F2N2O3. The third kappa shape index (κ3) is 3.92. The average Bonchev–Trinajstić information content (AvgIpc) is 2.22. The Labute approximate surface area is 103 Å². The van der Waals surface area contributed by atoms with Crippen molar-refractivity contribution in [2.45, 2.75) is 19.9 Å². The number of hydrogen-bond acceptors (Lipinski definition) is 4. The van der Waals surface area contributed by atoms with Gasteiger partial charge in [-0.3, -0.25) is 10.1 Å². The van der Waals surface area contributed by atoms with E-state index in [0.717, 1.165) is 6.07 Å². The minimum Gasteiger partial charge on any atom is -0.485 e. The highest BCUT2D eigenvalue weighted by Gasteiger charge is 2.23. The van der Waals surface area contributed by atoms with Gasteiger partial charge in [0, 0.05) is 24.7 Å². The first-order valence-corrected chi connectivity index (χ1v) is 5.41. The van der Waals surface area contributed by atoms with E-state index < -0.39 is 28.0 Å². The number of ether oxygens (including phenoxy) is 1. The standard InChI is InChI=1S/C11H14F2N2O3/c1-7(2)14-3-4-18-10-6-8(12)5-9(13)11(10)15(16)17/h5-7,14H,3-4H2,1-2H3. The Bertz CT molecular complexity index is 439. The van der Waals surface area contributed by atoms with E-state index in [1.54, 1.807) is 0 Å². The Morgan fingerprint density at radius 2 is 2.11 bits per heavy atom. The first-order valence-electron chi connectivity index (χ1n) is 5.41. The van der Waals surface area contributed by atoms with Crippen LogP contribution in [0.4, 0.5) is 14.5 Å². The lowest BCUT2D eigenvalue weighted by atomic mass is 10.2. The normalized spacial score (nSPS) is 10.7. The molecule has 1 aromatic rings. The monoisotopic (exact) mass is 260 g/mol. The predicted molar refractivity (Wildman–Crippen MR) is 61.6 cm³/mol. The Balaban J connectivity index is 2.77. The summed E-state index contributed by atoms with van der Waals surface area (Å²) in [5.74, 6) is -2.56. The molecule has 18 heavy (non-hydrogen) atoms. The number of nitrogens with one attached hydrogen (secondary N) is 1. The molecule has 0 radical (unpaired) electrons. The minimum atomic E-state index is -1.24. The van der Waals surface area contributed by atoms with Gasteiger partial charge in [0.25, 0.3) is 0 Å². The lowest BCUT2D eigenvalue weighted by Crippen LogP contribution is -2.27. The van der Waals surface area contributed by atoms with Crippen molar-refractivity contribution in [3.05, 3.63) is 33.9 Å². The van der Waals surface area contributed by atoms with Crippen LogP contribution in [0.5, 0.6) is 5.75 Å². The number of nitro benzene ring substituents is 1. The highest BCUT2D eigenvalue weighted by molar-refractivity contribution is 5.47. The summed E-state index contributed by atoms with van der Waals surface area (Å²) in [6, 6.07) is 1.49. The third-order valence-corrected chi connectivity index (χ3v) is 2.09. The quantitative estimate of drug-likeness (QED) is 0.484. The van der Waals surface area contributed by atoms with Crippen LogP contribution in [0.3, 0.4) is 0 Å². The number of hydrogen-bond donors (Lipinski definition) is 1. The molecule has 0 amide bonds. The molecule has 1 rings (SSSR count). The molecule has 5 nitrogen and oxygen atoms in total. The summed E-state index contributed by atoms with van der Waals surface area (Å²) in [5.41, 5.74) is -0.846. The van der Waals surface area contributed by atoms with Crippen molar-refractivity contribution < 1.29 is 18.4 Å². The average molecular weight is 260 g/mol. The van der Waals surface area contributed by atoms with Crippen molar-refractivity contribution in [3.8, 4) is 5.75 Å². The van der Waals surface area contributed by atoms with Crippen molar-refractivity contribution in [2.24, 2.45) is 0 Å². The van der Waals surface area contributed by atoms with Crippen molar-refractivity contribution in [1.29, 1.82) is 0 Å². The van der Waals surface area contributed by atoms with Gasteiger partial charge in [-0.1, -0.05) is 13.8 Å². The zero-order valence-electron chi connectivity index (χ0n) is 10.1. The molecule has 7 heteroatoms.